The zero-order valence-electron chi connectivity index (χ0n) is 16.0. The molecule has 0 unspecified atom stereocenters. The molecule has 5 nitrogen and oxygen atoms in total. The molecule has 0 spiro atoms. The molecule has 2 aromatic carbocycles. The quantitative estimate of drug-likeness (QED) is 0.485. The number of thiophene rings is 1. The summed E-state index contributed by atoms with van der Waals surface area (Å²) in [5.41, 5.74) is 3.10. The van der Waals surface area contributed by atoms with E-state index in [0.717, 1.165) is 33.5 Å². The first-order valence-corrected chi connectivity index (χ1v) is 10.9. The van der Waals surface area contributed by atoms with Crippen LogP contribution in [0.1, 0.15) is 34.7 Å². The smallest absolute Gasteiger partial charge is 0.217 e. The van der Waals surface area contributed by atoms with Crippen LogP contribution in [-0.2, 0) is 0 Å². The molecule has 2 aliphatic rings. The van der Waals surface area contributed by atoms with Crippen molar-refractivity contribution in [1.82, 2.24) is 5.01 Å². The average molecular weight is 471 g/mol. The lowest BCUT2D eigenvalue weighted by Gasteiger charge is -2.38. The van der Waals surface area contributed by atoms with Gasteiger partial charge < -0.3 is 14.2 Å². The molecule has 0 N–H and O–H groups in total. The third kappa shape index (κ3) is 3.09. The Balaban J connectivity index is 1.66. The Hall–Kier alpha value is -2.51. The van der Waals surface area contributed by atoms with Crippen LogP contribution in [0.15, 0.2) is 63.5 Å². The molecule has 5 rings (SSSR count). The van der Waals surface area contributed by atoms with Gasteiger partial charge in [0.1, 0.15) is 5.75 Å². The number of para-hydroxylation sites is 1. The molecule has 0 aliphatic carbocycles. The van der Waals surface area contributed by atoms with E-state index in [4.69, 9.17) is 19.3 Å². The monoisotopic (exact) mass is 470 g/mol. The van der Waals surface area contributed by atoms with E-state index in [9.17, 15) is 0 Å². The van der Waals surface area contributed by atoms with Crippen molar-refractivity contribution in [3.63, 3.8) is 0 Å². The zero-order chi connectivity index (χ0) is 20.0. The van der Waals surface area contributed by atoms with Crippen LogP contribution in [0.5, 0.6) is 17.2 Å². The Kier molecular flexibility index (Phi) is 4.72. The minimum absolute atomic E-state index is 0.108. The zero-order valence-corrected chi connectivity index (χ0v) is 18.4. The molecule has 2 atom stereocenters. The van der Waals surface area contributed by atoms with E-state index >= 15 is 0 Å². The first-order chi connectivity index (χ1) is 14.2. The summed E-state index contributed by atoms with van der Waals surface area (Å²) in [6, 6.07) is 16.4. The summed E-state index contributed by atoms with van der Waals surface area (Å²) in [5.74, 6) is 2.18. The van der Waals surface area contributed by atoms with Crippen molar-refractivity contribution in [3.05, 3.63) is 74.4 Å². The van der Waals surface area contributed by atoms with Crippen LogP contribution in [-0.4, -0.2) is 24.9 Å². The van der Waals surface area contributed by atoms with Gasteiger partial charge in [-0.3, -0.25) is 0 Å². The maximum absolute atomic E-state index is 6.46. The molecule has 0 radical (unpaired) electrons. The molecule has 0 fully saturated rings. The Morgan fingerprint density at radius 2 is 1.97 bits per heavy atom. The number of ether oxygens (including phenoxy) is 3. The van der Waals surface area contributed by atoms with Crippen molar-refractivity contribution in [1.29, 1.82) is 0 Å². The van der Waals surface area contributed by atoms with Crippen molar-refractivity contribution in [2.45, 2.75) is 18.7 Å². The maximum atomic E-state index is 6.46. The van der Waals surface area contributed by atoms with Gasteiger partial charge in [-0.25, -0.2) is 5.01 Å². The normalized spacial score (nSPS) is 19.8. The predicted octanol–water partition coefficient (Wildman–Crippen LogP) is 5.77. The van der Waals surface area contributed by atoms with E-state index in [-0.39, 0.29) is 6.04 Å². The van der Waals surface area contributed by atoms with E-state index < -0.39 is 6.23 Å². The summed E-state index contributed by atoms with van der Waals surface area (Å²) in [4.78, 5) is 1.19. The van der Waals surface area contributed by atoms with Gasteiger partial charge in [-0.05, 0) is 29.6 Å². The van der Waals surface area contributed by atoms with Gasteiger partial charge >= 0.3 is 0 Å². The number of benzene rings is 2. The van der Waals surface area contributed by atoms with E-state index in [1.807, 2.05) is 30.3 Å². The van der Waals surface area contributed by atoms with E-state index in [2.05, 4.69) is 44.5 Å². The molecule has 148 valence electrons. The van der Waals surface area contributed by atoms with Crippen molar-refractivity contribution < 1.29 is 14.2 Å². The minimum Gasteiger partial charge on any atom is -0.493 e. The molecule has 3 aromatic rings. The highest BCUT2D eigenvalue weighted by Gasteiger charge is 2.42. The van der Waals surface area contributed by atoms with Crippen molar-refractivity contribution in [2.24, 2.45) is 5.10 Å². The van der Waals surface area contributed by atoms with Gasteiger partial charge in [0, 0.05) is 16.5 Å². The second-order valence-corrected chi connectivity index (χ2v) is 8.73. The summed E-state index contributed by atoms with van der Waals surface area (Å²) in [7, 11) is 3.28. The number of hydrazone groups is 1. The van der Waals surface area contributed by atoms with Crippen LogP contribution in [0.2, 0.25) is 0 Å². The largest absolute Gasteiger partial charge is 0.493 e. The predicted molar refractivity (Wildman–Crippen MR) is 117 cm³/mol. The topological polar surface area (TPSA) is 43.3 Å². The molecule has 7 heteroatoms. The van der Waals surface area contributed by atoms with Gasteiger partial charge in [0.2, 0.25) is 6.23 Å². The molecule has 0 bridgehead atoms. The van der Waals surface area contributed by atoms with Crippen LogP contribution < -0.4 is 14.2 Å². The maximum Gasteiger partial charge on any atom is 0.217 e. The molecule has 29 heavy (non-hydrogen) atoms. The summed E-state index contributed by atoms with van der Waals surface area (Å²) in [6.45, 7) is 0. The number of rotatable bonds is 4. The lowest BCUT2D eigenvalue weighted by molar-refractivity contribution is -0.0205. The molecular formula is C22H19BrN2O3S. The first kappa shape index (κ1) is 18.5. The van der Waals surface area contributed by atoms with E-state index in [0.29, 0.717) is 11.5 Å². The standard InChI is InChI=1S/C22H19BrN2O3S/c1-26-19-11-13(23)10-15(21(19)27-2)22-25-17(14-6-3-4-7-18(14)28-22)12-16(24-25)20-8-5-9-29-20/h3-11,17,22H,12H2,1-2H3/t17-,22-/m0/s1. The molecule has 0 saturated carbocycles. The van der Waals surface area contributed by atoms with Gasteiger partial charge in [-0.2, -0.15) is 5.10 Å². The number of methoxy groups -OCH3 is 2. The minimum atomic E-state index is -0.422. The fraction of sp³-hybridized carbons (Fsp3) is 0.227. The molecular weight excluding hydrogens is 452 g/mol. The fourth-order valence-corrected chi connectivity index (χ4v) is 5.15. The summed E-state index contributed by atoms with van der Waals surface area (Å²) < 4.78 is 18.6. The molecule has 2 aliphatic heterocycles. The fourth-order valence-electron chi connectivity index (χ4n) is 3.97. The Labute approximate surface area is 181 Å². The number of nitrogens with zero attached hydrogens (tertiary/aromatic N) is 2. The van der Waals surface area contributed by atoms with Gasteiger partial charge in [-0.1, -0.05) is 40.2 Å². The lowest BCUT2D eigenvalue weighted by Crippen LogP contribution is -2.34. The highest BCUT2D eigenvalue weighted by Crippen LogP contribution is 2.50. The third-order valence-electron chi connectivity index (χ3n) is 5.24. The highest BCUT2D eigenvalue weighted by molar-refractivity contribution is 9.10. The van der Waals surface area contributed by atoms with Crippen LogP contribution in [0.4, 0.5) is 0 Å². The third-order valence-corrected chi connectivity index (χ3v) is 6.62. The van der Waals surface area contributed by atoms with Crippen LogP contribution in [0, 0.1) is 0 Å². The lowest BCUT2D eigenvalue weighted by atomic mass is 9.97. The first-order valence-electron chi connectivity index (χ1n) is 9.26. The van der Waals surface area contributed by atoms with Gasteiger partial charge in [0.05, 0.1) is 36.4 Å². The van der Waals surface area contributed by atoms with Crippen LogP contribution in [0.3, 0.4) is 0 Å². The Morgan fingerprint density at radius 1 is 1.10 bits per heavy atom. The molecule has 3 heterocycles. The van der Waals surface area contributed by atoms with Crippen molar-refractivity contribution in [2.75, 3.05) is 14.2 Å². The van der Waals surface area contributed by atoms with Gasteiger partial charge in [0.15, 0.2) is 11.5 Å². The van der Waals surface area contributed by atoms with Crippen molar-refractivity contribution in [3.8, 4) is 17.2 Å². The summed E-state index contributed by atoms with van der Waals surface area (Å²) >= 11 is 5.30. The second-order valence-electron chi connectivity index (χ2n) is 6.86. The summed E-state index contributed by atoms with van der Waals surface area (Å²) in [5, 5.41) is 9.13. The van der Waals surface area contributed by atoms with Gasteiger partial charge in [0.25, 0.3) is 0 Å². The van der Waals surface area contributed by atoms with Crippen LogP contribution in [0.25, 0.3) is 0 Å². The van der Waals surface area contributed by atoms with Crippen LogP contribution >= 0.6 is 27.3 Å². The Bertz CT molecular complexity index is 1080. The van der Waals surface area contributed by atoms with E-state index in [1.54, 1.807) is 25.6 Å². The molecule has 0 amide bonds. The SMILES string of the molecule is COc1cc(Br)cc([C@@H]2Oc3ccccc3[C@@H]3CC(c4cccs4)=NN32)c1OC. The van der Waals surface area contributed by atoms with E-state index in [1.165, 1.54) is 4.88 Å². The average Bonchev–Trinajstić information content (AvgIpc) is 3.42. The number of hydrogen-bond donors (Lipinski definition) is 0. The second kappa shape index (κ2) is 7.39. The number of fused-ring (bicyclic) bond motifs is 3. The Morgan fingerprint density at radius 3 is 2.72 bits per heavy atom. The number of hydrogen-bond acceptors (Lipinski definition) is 6. The van der Waals surface area contributed by atoms with Crippen molar-refractivity contribution >= 4 is 33.0 Å². The number of halogens is 1. The highest BCUT2D eigenvalue weighted by atomic mass is 79.9. The summed E-state index contributed by atoms with van der Waals surface area (Å²) in [6.07, 6.45) is 0.416. The van der Waals surface area contributed by atoms with Gasteiger partial charge in [-0.15, -0.1) is 11.3 Å². The molecule has 0 saturated heterocycles. The molecule has 1 aromatic heterocycles.